The van der Waals surface area contributed by atoms with E-state index in [1.54, 1.807) is 6.07 Å². The summed E-state index contributed by atoms with van der Waals surface area (Å²) < 4.78 is 11.0. The Morgan fingerprint density at radius 1 is 1.03 bits per heavy atom. The van der Waals surface area contributed by atoms with E-state index in [1.807, 2.05) is 55.5 Å². The fraction of sp³-hybridized carbons (Fsp3) is 0.333. The number of primary amides is 1. The largest absolute Gasteiger partial charge is 0.494 e. The van der Waals surface area contributed by atoms with Gasteiger partial charge in [-0.1, -0.05) is 30.3 Å². The number of ether oxygens (including phenoxy) is 2. The van der Waals surface area contributed by atoms with E-state index < -0.39 is 5.91 Å². The van der Waals surface area contributed by atoms with Gasteiger partial charge in [0.25, 0.3) is 5.91 Å². The summed E-state index contributed by atoms with van der Waals surface area (Å²) in [7, 11) is 0. The van der Waals surface area contributed by atoms with E-state index >= 15 is 0 Å². The molecule has 0 bridgehead atoms. The maximum Gasteiger partial charge on any atom is 0.255 e. The minimum atomic E-state index is -0.502. The van der Waals surface area contributed by atoms with Crippen molar-refractivity contribution in [1.82, 2.24) is 10.6 Å². The van der Waals surface area contributed by atoms with Crippen LogP contribution in [-0.4, -0.2) is 38.2 Å². The van der Waals surface area contributed by atoms with Crippen molar-refractivity contribution < 1.29 is 14.3 Å². The first-order valence-electron chi connectivity index (χ1n) is 9.37. The average molecular weight is 512 g/mol. The van der Waals surface area contributed by atoms with Gasteiger partial charge in [-0.25, -0.2) is 4.99 Å². The highest BCUT2D eigenvalue weighted by Crippen LogP contribution is 2.14. The van der Waals surface area contributed by atoms with E-state index in [0.717, 1.165) is 36.8 Å². The highest BCUT2D eigenvalue weighted by atomic mass is 127. The minimum absolute atomic E-state index is 0. The van der Waals surface area contributed by atoms with Crippen molar-refractivity contribution in [2.45, 2.75) is 19.9 Å². The molecule has 2 aromatic carbocycles. The molecule has 0 unspecified atom stereocenters. The third-order valence-corrected chi connectivity index (χ3v) is 3.67. The molecular weight excluding hydrogens is 483 g/mol. The van der Waals surface area contributed by atoms with Crippen molar-refractivity contribution in [3.63, 3.8) is 0 Å². The second-order valence-corrected chi connectivity index (χ2v) is 6.04. The Morgan fingerprint density at radius 3 is 2.52 bits per heavy atom. The van der Waals surface area contributed by atoms with E-state index in [9.17, 15) is 4.79 Å². The van der Waals surface area contributed by atoms with Crippen LogP contribution < -0.4 is 25.8 Å². The van der Waals surface area contributed by atoms with Gasteiger partial charge in [-0.2, -0.15) is 0 Å². The monoisotopic (exact) mass is 512 g/mol. The molecule has 8 heteroatoms. The quantitative estimate of drug-likeness (QED) is 0.186. The second kappa shape index (κ2) is 14.5. The first-order valence-corrected chi connectivity index (χ1v) is 9.37. The van der Waals surface area contributed by atoms with Crippen molar-refractivity contribution in [2.24, 2.45) is 10.7 Å². The molecule has 29 heavy (non-hydrogen) atoms. The van der Waals surface area contributed by atoms with Crippen molar-refractivity contribution in [1.29, 1.82) is 0 Å². The molecule has 0 aromatic heterocycles. The third kappa shape index (κ3) is 10.6. The van der Waals surface area contributed by atoms with Gasteiger partial charge in [0.2, 0.25) is 0 Å². The Labute approximate surface area is 189 Å². The lowest BCUT2D eigenvalue weighted by Crippen LogP contribution is -2.38. The Kier molecular flexibility index (Phi) is 12.3. The molecule has 0 radical (unpaired) electrons. The van der Waals surface area contributed by atoms with E-state index in [-0.39, 0.29) is 30.6 Å². The number of hydrogen-bond acceptors (Lipinski definition) is 4. The van der Waals surface area contributed by atoms with Crippen LogP contribution in [0.25, 0.3) is 0 Å². The normalized spacial score (nSPS) is 10.6. The molecule has 7 nitrogen and oxygen atoms in total. The molecule has 2 aromatic rings. The molecule has 1 amide bonds. The number of guanidine groups is 1. The van der Waals surface area contributed by atoms with E-state index in [0.29, 0.717) is 18.9 Å². The van der Waals surface area contributed by atoms with Crippen molar-refractivity contribution >= 4 is 35.8 Å². The van der Waals surface area contributed by atoms with E-state index in [1.165, 1.54) is 0 Å². The van der Waals surface area contributed by atoms with Crippen LogP contribution in [-0.2, 0) is 11.3 Å². The van der Waals surface area contributed by atoms with Gasteiger partial charge in [-0.3, -0.25) is 4.79 Å². The van der Waals surface area contributed by atoms with Gasteiger partial charge < -0.3 is 25.8 Å². The summed E-state index contributed by atoms with van der Waals surface area (Å²) in [5, 5.41) is 6.52. The van der Waals surface area contributed by atoms with Gasteiger partial charge >= 0.3 is 0 Å². The highest BCUT2D eigenvalue weighted by molar-refractivity contribution is 14.0. The number of rotatable bonds is 11. The van der Waals surface area contributed by atoms with E-state index in [4.69, 9.17) is 15.2 Å². The van der Waals surface area contributed by atoms with Crippen LogP contribution >= 0.6 is 24.0 Å². The number of nitrogens with zero attached hydrogens (tertiary/aromatic N) is 1. The number of para-hydroxylation sites is 1. The number of aliphatic imine (C=N–C) groups is 1. The van der Waals surface area contributed by atoms with Crippen LogP contribution in [0.5, 0.6) is 11.5 Å². The summed E-state index contributed by atoms with van der Waals surface area (Å²) in [6.07, 6.45) is 0.857. The fourth-order valence-electron chi connectivity index (χ4n) is 2.39. The Bertz CT molecular complexity index is 757. The van der Waals surface area contributed by atoms with Gasteiger partial charge in [0, 0.05) is 13.1 Å². The summed E-state index contributed by atoms with van der Waals surface area (Å²) in [6.45, 7) is 4.53. The molecule has 0 atom stereocenters. The standard InChI is InChI=1S/C21H28N4O3.HI/c1-2-23-21(24-12-7-13-27-18-9-4-3-5-10-18)25-15-17-8-6-11-19(14-17)28-16-20(22)26;/h3-6,8-11,14H,2,7,12-13,15-16H2,1H3,(H2,22,26)(H2,23,24,25);1H. The zero-order valence-electron chi connectivity index (χ0n) is 16.6. The molecule has 0 aliphatic rings. The van der Waals surface area contributed by atoms with Crippen molar-refractivity contribution in [3.05, 3.63) is 60.2 Å². The Balaban J connectivity index is 0.00000420. The Morgan fingerprint density at radius 2 is 1.79 bits per heavy atom. The van der Waals surface area contributed by atoms with Crippen LogP contribution in [0.1, 0.15) is 18.9 Å². The lowest BCUT2D eigenvalue weighted by Gasteiger charge is -2.12. The molecule has 0 heterocycles. The molecule has 0 fully saturated rings. The average Bonchev–Trinajstić information content (AvgIpc) is 2.71. The molecule has 0 aliphatic carbocycles. The number of carbonyl (C=O) groups excluding carboxylic acids is 1. The Hall–Kier alpha value is -2.49. The third-order valence-electron chi connectivity index (χ3n) is 3.67. The summed E-state index contributed by atoms with van der Waals surface area (Å²) in [6, 6.07) is 17.2. The number of halogens is 1. The molecular formula is C21H29IN4O3. The predicted molar refractivity (Wildman–Crippen MR) is 126 cm³/mol. The maximum atomic E-state index is 10.8. The maximum absolute atomic E-state index is 10.8. The predicted octanol–water partition coefficient (Wildman–Crippen LogP) is 2.69. The number of nitrogens with two attached hydrogens (primary N) is 1. The molecule has 0 saturated carbocycles. The minimum Gasteiger partial charge on any atom is -0.494 e. The SMILES string of the molecule is CCNC(=NCc1cccc(OCC(N)=O)c1)NCCCOc1ccccc1.I. The van der Waals surface area contributed by atoms with Crippen LogP contribution in [0.15, 0.2) is 59.6 Å². The van der Waals surface area contributed by atoms with Crippen molar-refractivity contribution in [3.8, 4) is 11.5 Å². The van der Waals surface area contributed by atoms with Crippen LogP contribution in [0, 0.1) is 0 Å². The molecule has 4 N–H and O–H groups in total. The topological polar surface area (TPSA) is 98.0 Å². The zero-order valence-corrected chi connectivity index (χ0v) is 18.9. The summed E-state index contributed by atoms with van der Waals surface area (Å²) in [4.78, 5) is 15.4. The van der Waals surface area contributed by atoms with Gasteiger partial charge in [0.15, 0.2) is 12.6 Å². The molecule has 0 aliphatic heterocycles. The highest BCUT2D eigenvalue weighted by Gasteiger charge is 2.01. The zero-order chi connectivity index (χ0) is 20.0. The lowest BCUT2D eigenvalue weighted by molar-refractivity contribution is -0.119. The molecule has 2 rings (SSSR count). The second-order valence-electron chi connectivity index (χ2n) is 6.04. The molecule has 0 saturated heterocycles. The van der Waals surface area contributed by atoms with Crippen LogP contribution in [0.3, 0.4) is 0 Å². The number of hydrogen-bond donors (Lipinski definition) is 3. The van der Waals surface area contributed by atoms with Crippen LogP contribution in [0.2, 0.25) is 0 Å². The number of benzene rings is 2. The van der Waals surface area contributed by atoms with Crippen LogP contribution in [0.4, 0.5) is 0 Å². The van der Waals surface area contributed by atoms with Gasteiger partial charge in [0.1, 0.15) is 11.5 Å². The van der Waals surface area contributed by atoms with Gasteiger partial charge in [0.05, 0.1) is 13.2 Å². The number of nitrogens with one attached hydrogen (secondary N) is 2. The van der Waals surface area contributed by atoms with Crippen molar-refractivity contribution in [2.75, 3.05) is 26.3 Å². The summed E-state index contributed by atoms with van der Waals surface area (Å²) in [5.74, 6) is 1.72. The first kappa shape index (κ1) is 24.5. The molecule has 158 valence electrons. The van der Waals surface area contributed by atoms with E-state index in [2.05, 4.69) is 15.6 Å². The fourth-order valence-corrected chi connectivity index (χ4v) is 2.39. The van der Waals surface area contributed by atoms with Gasteiger partial charge in [-0.15, -0.1) is 24.0 Å². The summed E-state index contributed by atoms with van der Waals surface area (Å²) >= 11 is 0. The number of carbonyl (C=O) groups is 1. The first-order chi connectivity index (χ1) is 13.7. The lowest BCUT2D eigenvalue weighted by atomic mass is 10.2. The smallest absolute Gasteiger partial charge is 0.255 e. The summed E-state index contributed by atoms with van der Waals surface area (Å²) in [5.41, 5.74) is 6.08. The number of amides is 1. The molecule has 0 spiro atoms. The van der Waals surface area contributed by atoms with Gasteiger partial charge in [-0.05, 0) is 43.2 Å².